The Hall–Kier alpha value is 0.0800. The zero-order valence-corrected chi connectivity index (χ0v) is 21.7. The summed E-state index contributed by atoms with van der Waals surface area (Å²) in [5.74, 6) is 0.967. The average Bonchev–Trinajstić information content (AvgIpc) is 3.21. The van der Waals surface area contributed by atoms with Gasteiger partial charge in [0.05, 0.1) is 0 Å². The number of rotatable bonds is 7. The van der Waals surface area contributed by atoms with Crippen molar-refractivity contribution in [3.63, 3.8) is 0 Å². The normalized spacial score (nSPS) is 19.6. The van der Waals surface area contributed by atoms with Crippen LogP contribution in [-0.4, -0.2) is 14.9 Å². The predicted molar refractivity (Wildman–Crippen MR) is 107 cm³/mol. The topological polar surface area (TPSA) is 9.23 Å². The molecule has 0 amide bonds. The molecule has 0 saturated carbocycles. The molecule has 1 nitrogen and oxygen atoms in total. The summed E-state index contributed by atoms with van der Waals surface area (Å²) >= 11 is 0. The molecule has 0 N–H and O–H groups in total. The molecular weight excluding hydrogens is 470 g/mol. The van der Waals surface area contributed by atoms with Crippen LogP contribution in [0.1, 0.15) is 36.8 Å². The summed E-state index contributed by atoms with van der Waals surface area (Å²) in [6.07, 6.45) is 16.2. The van der Waals surface area contributed by atoms with E-state index in [1.165, 1.54) is 11.1 Å². The molecule has 3 rings (SSSR count). The van der Waals surface area contributed by atoms with Gasteiger partial charge in [0.25, 0.3) is 0 Å². The predicted octanol–water partition coefficient (Wildman–Crippen LogP) is 0.183. The molecule has 2 atom stereocenters. The molecule has 27 heavy (non-hydrogen) atoms. The first-order valence-electron chi connectivity index (χ1n) is 9.22. The largest absolute Gasteiger partial charge is 2.00 e. The quantitative estimate of drug-likeness (QED) is 0.486. The van der Waals surface area contributed by atoms with E-state index in [4.69, 9.17) is 4.43 Å². The van der Waals surface area contributed by atoms with E-state index in [2.05, 4.69) is 87.3 Å². The third-order valence-electron chi connectivity index (χ3n) is 5.59. The Kier molecular flexibility index (Phi) is 11.3. The van der Waals surface area contributed by atoms with Gasteiger partial charge in [-0.05, 0) is 49.0 Å². The molecule has 1 aromatic rings. The second kappa shape index (κ2) is 11.3. The molecule has 1 aromatic carbocycles. The summed E-state index contributed by atoms with van der Waals surface area (Å²) in [6.45, 7) is 10.1. The van der Waals surface area contributed by atoms with Gasteiger partial charge < -0.3 is 29.2 Å². The minimum absolute atomic E-state index is 0. The molecule has 0 bridgehead atoms. The van der Waals surface area contributed by atoms with Crippen LogP contribution in [0.2, 0.25) is 19.6 Å². The fourth-order valence-corrected chi connectivity index (χ4v) is 4.99. The molecule has 2 aliphatic carbocycles. The molecule has 2 unspecified atom stereocenters. The van der Waals surface area contributed by atoms with Crippen LogP contribution in [0.3, 0.4) is 0 Å². The van der Waals surface area contributed by atoms with Crippen molar-refractivity contribution in [1.29, 1.82) is 0 Å². The van der Waals surface area contributed by atoms with Crippen molar-refractivity contribution < 1.29 is 55.4 Å². The van der Waals surface area contributed by atoms with Gasteiger partial charge >= 0.3 is 26.2 Å². The van der Waals surface area contributed by atoms with Gasteiger partial charge in [-0.3, -0.25) is 0 Å². The van der Waals surface area contributed by atoms with E-state index in [1.807, 2.05) is 0 Å². The number of hydrogen-bond donors (Lipinski definition) is 0. The van der Waals surface area contributed by atoms with Crippen LogP contribution < -0.4 is 24.8 Å². The van der Waals surface area contributed by atoms with Crippen molar-refractivity contribution in [1.82, 2.24) is 0 Å². The Bertz CT molecular complexity index is 669. The Labute approximate surface area is 197 Å². The fraction of sp³-hybridized carbons (Fsp3) is 0.455. The first kappa shape index (κ1) is 27.1. The molecule has 0 aliphatic heterocycles. The molecule has 146 valence electrons. The number of fused-ring (bicyclic) bond motifs is 1. The standard InChI is InChI=1S/C22H30OSi.2ClH.Zr/c1-5-22(19-11-7-8-12-19,16-17-23-24(2,3)4)21-15-14-18-10-6-9-13-20(18)21;;;/h6-15,19,21H,5,16-17H2,1-4H3;2*1H;/q;;;+2/p-2. The summed E-state index contributed by atoms with van der Waals surface area (Å²) in [6, 6.07) is 8.87. The second-order valence-electron chi connectivity index (χ2n) is 8.06. The minimum Gasteiger partial charge on any atom is -1.00 e. The van der Waals surface area contributed by atoms with E-state index >= 15 is 0 Å². The Morgan fingerprint density at radius 2 is 1.63 bits per heavy atom. The van der Waals surface area contributed by atoms with Crippen molar-refractivity contribution in [3.05, 3.63) is 65.8 Å². The van der Waals surface area contributed by atoms with Gasteiger partial charge in [-0.25, -0.2) is 0 Å². The number of benzene rings is 1. The summed E-state index contributed by atoms with van der Waals surface area (Å²) in [7, 11) is -1.47. The minimum atomic E-state index is -1.47. The monoisotopic (exact) mass is 498 g/mol. The first-order valence-corrected chi connectivity index (χ1v) is 12.6. The molecule has 0 saturated heterocycles. The van der Waals surface area contributed by atoms with Crippen molar-refractivity contribution in [2.75, 3.05) is 6.61 Å². The molecular formula is C22H30Cl2OSiZr. The van der Waals surface area contributed by atoms with Crippen LogP contribution in [0, 0.1) is 11.3 Å². The van der Waals surface area contributed by atoms with Crippen LogP contribution >= 0.6 is 0 Å². The fourth-order valence-electron chi connectivity index (χ4n) is 4.28. The number of halogens is 2. The van der Waals surface area contributed by atoms with Crippen LogP contribution in [-0.2, 0) is 30.6 Å². The summed E-state index contributed by atoms with van der Waals surface area (Å²) in [5, 5.41) is 0. The molecule has 0 radical (unpaired) electrons. The van der Waals surface area contributed by atoms with Gasteiger partial charge in [0.1, 0.15) is 0 Å². The van der Waals surface area contributed by atoms with Crippen LogP contribution in [0.25, 0.3) is 6.08 Å². The maximum atomic E-state index is 6.26. The summed E-state index contributed by atoms with van der Waals surface area (Å²) < 4.78 is 6.26. The van der Waals surface area contributed by atoms with E-state index in [0.29, 0.717) is 11.8 Å². The molecule has 0 spiro atoms. The Morgan fingerprint density at radius 1 is 1.00 bits per heavy atom. The molecule has 2 aliphatic rings. The Balaban J connectivity index is 0.00000225. The SMILES string of the molecule is CCC(CCO[Si](C)(C)C)(C1C=CC=C1)C1C=Cc2ccccc21.[Cl-].[Cl-].[Zr+2]. The van der Waals surface area contributed by atoms with Crippen LogP contribution in [0.4, 0.5) is 0 Å². The summed E-state index contributed by atoms with van der Waals surface area (Å²) in [4.78, 5) is 0. The maximum absolute atomic E-state index is 6.26. The van der Waals surface area contributed by atoms with E-state index in [9.17, 15) is 0 Å². The van der Waals surface area contributed by atoms with Gasteiger partial charge in [0, 0.05) is 18.4 Å². The van der Waals surface area contributed by atoms with Gasteiger partial charge in [-0.2, -0.15) is 0 Å². The third-order valence-corrected chi connectivity index (χ3v) is 6.66. The van der Waals surface area contributed by atoms with E-state index in [1.54, 1.807) is 0 Å². The molecule has 0 aromatic heterocycles. The molecule has 0 heterocycles. The Morgan fingerprint density at radius 3 is 2.22 bits per heavy atom. The average molecular weight is 501 g/mol. The van der Waals surface area contributed by atoms with Gasteiger partial charge in [0.2, 0.25) is 0 Å². The van der Waals surface area contributed by atoms with Crippen molar-refractivity contribution in [2.45, 2.75) is 45.3 Å². The zero-order valence-electron chi connectivity index (χ0n) is 16.7. The van der Waals surface area contributed by atoms with Gasteiger partial charge in [-0.1, -0.05) is 67.6 Å². The van der Waals surface area contributed by atoms with Crippen molar-refractivity contribution in [2.24, 2.45) is 11.3 Å². The smallest absolute Gasteiger partial charge is 1.00 e. The molecule has 5 heteroatoms. The van der Waals surface area contributed by atoms with E-state index in [0.717, 1.165) is 19.4 Å². The zero-order chi connectivity index (χ0) is 17.2. The van der Waals surface area contributed by atoms with Crippen molar-refractivity contribution in [3.8, 4) is 0 Å². The molecule has 0 fully saturated rings. The van der Waals surface area contributed by atoms with Crippen LogP contribution in [0.15, 0.2) is 54.6 Å². The van der Waals surface area contributed by atoms with E-state index < -0.39 is 8.32 Å². The van der Waals surface area contributed by atoms with Gasteiger partial charge in [-0.15, -0.1) is 0 Å². The summed E-state index contributed by atoms with van der Waals surface area (Å²) in [5.41, 5.74) is 3.07. The first-order chi connectivity index (χ1) is 11.5. The van der Waals surface area contributed by atoms with E-state index in [-0.39, 0.29) is 56.4 Å². The van der Waals surface area contributed by atoms with Gasteiger partial charge in [0.15, 0.2) is 8.32 Å². The second-order valence-corrected chi connectivity index (χ2v) is 12.6. The third kappa shape index (κ3) is 6.03. The van der Waals surface area contributed by atoms with Crippen molar-refractivity contribution >= 4 is 14.4 Å². The number of hydrogen-bond acceptors (Lipinski definition) is 1. The number of allylic oxidation sites excluding steroid dienone is 5. The maximum Gasteiger partial charge on any atom is 2.00 e. The van der Waals surface area contributed by atoms with Crippen LogP contribution in [0.5, 0.6) is 0 Å².